The molecular weight excluding hydrogens is 376 g/mol. The van der Waals surface area contributed by atoms with Crippen LogP contribution in [0, 0.1) is 0 Å². The highest BCUT2D eigenvalue weighted by atomic mass is 35.5. The predicted octanol–water partition coefficient (Wildman–Crippen LogP) is 2.15. The van der Waals surface area contributed by atoms with E-state index in [1.165, 1.54) is 22.7 Å². The minimum absolute atomic E-state index is 0. The van der Waals surface area contributed by atoms with Crippen LogP contribution in [-0.4, -0.2) is 37.4 Å². The number of aromatic nitrogens is 1. The lowest BCUT2D eigenvalue weighted by Gasteiger charge is -2.31. The summed E-state index contributed by atoms with van der Waals surface area (Å²) in [6.45, 7) is 2.57. The van der Waals surface area contributed by atoms with Gasteiger partial charge in [0.05, 0.1) is 0 Å². The first-order valence-electron chi connectivity index (χ1n) is 7.01. The Kier molecular flexibility index (Phi) is 6.40. The van der Waals surface area contributed by atoms with Gasteiger partial charge in [-0.25, -0.2) is 18.1 Å². The van der Waals surface area contributed by atoms with Crippen LogP contribution in [0.5, 0.6) is 0 Å². The lowest BCUT2D eigenvalue weighted by Crippen LogP contribution is -2.44. The monoisotopic (exact) mass is 394 g/mol. The molecule has 0 radical (unpaired) electrons. The van der Waals surface area contributed by atoms with Gasteiger partial charge in [0.2, 0.25) is 10.0 Å². The van der Waals surface area contributed by atoms with E-state index in [0.717, 1.165) is 37.4 Å². The first-order valence-corrected chi connectivity index (χ1v) is 10.2. The predicted molar refractivity (Wildman–Crippen MR) is 96.7 cm³/mol. The molecule has 0 saturated carbocycles. The van der Waals surface area contributed by atoms with Crippen LogP contribution >= 0.6 is 35.1 Å². The number of hydrogen-bond acceptors (Lipinski definition) is 7. The van der Waals surface area contributed by atoms with Gasteiger partial charge in [-0.1, -0.05) is 6.07 Å². The van der Waals surface area contributed by atoms with Crippen molar-refractivity contribution < 1.29 is 8.42 Å². The number of rotatable bonds is 5. The van der Waals surface area contributed by atoms with Gasteiger partial charge in [-0.3, -0.25) is 4.90 Å². The summed E-state index contributed by atoms with van der Waals surface area (Å²) in [5, 5.41) is 2.37. The maximum absolute atomic E-state index is 12.2. The van der Waals surface area contributed by atoms with Gasteiger partial charge in [-0.15, -0.1) is 35.1 Å². The van der Waals surface area contributed by atoms with Crippen molar-refractivity contribution >= 4 is 50.2 Å². The van der Waals surface area contributed by atoms with Gasteiger partial charge in [0.1, 0.15) is 4.21 Å². The number of thiophene rings is 1. The summed E-state index contributed by atoms with van der Waals surface area (Å²) in [5.41, 5.74) is 5.63. The quantitative estimate of drug-likeness (QED) is 0.811. The van der Waals surface area contributed by atoms with Gasteiger partial charge >= 0.3 is 0 Å². The minimum atomic E-state index is -3.36. The number of piperidine rings is 1. The molecule has 0 bridgehead atoms. The minimum Gasteiger partial charge on any atom is -0.375 e. The van der Waals surface area contributed by atoms with Crippen LogP contribution in [0.4, 0.5) is 5.13 Å². The van der Waals surface area contributed by atoms with E-state index in [9.17, 15) is 8.42 Å². The van der Waals surface area contributed by atoms with E-state index in [-0.39, 0.29) is 18.4 Å². The smallest absolute Gasteiger partial charge is 0.250 e. The van der Waals surface area contributed by atoms with E-state index in [2.05, 4.69) is 14.6 Å². The Morgan fingerprint density at radius 1 is 1.39 bits per heavy atom. The molecule has 0 unspecified atom stereocenters. The second-order valence-corrected chi connectivity index (χ2v) is 9.30. The fourth-order valence-electron chi connectivity index (χ4n) is 2.52. The molecule has 10 heteroatoms. The van der Waals surface area contributed by atoms with Crippen LogP contribution in [0.25, 0.3) is 0 Å². The van der Waals surface area contributed by atoms with Gasteiger partial charge < -0.3 is 5.73 Å². The number of nitrogens with one attached hydrogen (secondary N) is 1. The number of halogens is 1. The number of nitrogen functional groups attached to an aromatic ring is 1. The normalized spacial score (nSPS) is 17.0. The number of anilines is 1. The van der Waals surface area contributed by atoms with E-state index in [4.69, 9.17) is 5.73 Å². The van der Waals surface area contributed by atoms with Crippen LogP contribution in [-0.2, 0) is 16.6 Å². The third-order valence-corrected chi connectivity index (χ3v) is 7.35. The Hall–Kier alpha value is -0.710. The van der Waals surface area contributed by atoms with Gasteiger partial charge in [-0.05, 0) is 24.3 Å². The van der Waals surface area contributed by atoms with Gasteiger partial charge in [0.15, 0.2) is 5.13 Å². The average molecular weight is 395 g/mol. The highest BCUT2D eigenvalue weighted by molar-refractivity contribution is 7.91. The molecule has 0 atom stereocenters. The van der Waals surface area contributed by atoms with Crippen LogP contribution in [0.3, 0.4) is 0 Å². The zero-order valence-electron chi connectivity index (χ0n) is 12.3. The fraction of sp³-hybridized carbons (Fsp3) is 0.462. The highest BCUT2D eigenvalue weighted by Gasteiger charge is 2.25. The number of likely N-dealkylation sites (tertiary alicyclic amines) is 1. The number of sulfonamides is 1. The van der Waals surface area contributed by atoms with Gasteiger partial charge in [-0.2, -0.15) is 0 Å². The molecule has 1 aliphatic heterocycles. The molecule has 3 N–H and O–H groups in total. The van der Waals surface area contributed by atoms with E-state index >= 15 is 0 Å². The van der Waals surface area contributed by atoms with Gasteiger partial charge in [0, 0.05) is 36.8 Å². The molecule has 23 heavy (non-hydrogen) atoms. The molecule has 1 saturated heterocycles. The Morgan fingerprint density at radius 2 is 2.13 bits per heavy atom. The van der Waals surface area contributed by atoms with Gasteiger partial charge in [0.25, 0.3) is 0 Å². The number of nitrogens with zero attached hydrogens (tertiary/aromatic N) is 2. The summed E-state index contributed by atoms with van der Waals surface area (Å²) >= 11 is 2.75. The van der Waals surface area contributed by atoms with Crippen molar-refractivity contribution in [2.75, 3.05) is 18.8 Å². The lowest BCUT2D eigenvalue weighted by molar-refractivity contribution is 0.201. The first-order chi connectivity index (χ1) is 10.5. The van der Waals surface area contributed by atoms with Crippen molar-refractivity contribution in [2.24, 2.45) is 0 Å². The van der Waals surface area contributed by atoms with E-state index < -0.39 is 10.0 Å². The van der Waals surface area contributed by atoms with Crippen LogP contribution in [0.2, 0.25) is 0 Å². The topological polar surface area (TPSA) is 88.3 Å². The van der Waals surface area contributed by atoms with Crippen molar-refractivity contribution in [1.82, 2.24) is 14.6 Å². The summed E-state index contributed by atoms with van der Waals surface area (Å²) in [7, 11) is -3.36. The first kappa shape index (κ1) is 18.6. The van der Waals surface area contributed by atoms with Crippen LogP contribution in [0.1, 0.15) is 17.7 Å². The third kappa shape index (κ3) is 4.88. The van der Waals surface area contributed by atoms with E-state index in [0.29, 0.717) is 9.34 Å². The molecule has 3 heterocycles. The maximum Gasteiger partial charge on any atom is 0.250 e. The fourth-order valence-corrected chi connectivity index (χ4v) is 5.56. The summed E-state index contributed by atoms with van der Waals surface area (Å²) in [6, 6.07) is 3.40. The molecule has 2 aromatic heterocycles. The zero-order chi connectivity index (χ0) is 15.6. The largest absolute Gasteiger partial charge is 0.375 e. The molecule has 0 aromatic carbocycles. The summed E-state index contributed by atoms with van der Waals surface area (Å²) in [6.07, 6.45) is 3.45. The van der Waals surface area contributed by atoms with Crippen LogP contribution < -0.4 is 10.5 Å². The second kappa shape index (κ2) is 7.91. The van der Waals surface area contributed by atoms with Crippen molar-refractivity contribution in [2.45, 2.75) is 29.6 Å². The Balaban J connectivity index is 0.00000192. The Bertz CT molecular complexity index is 709. The lowest BCUT2D eigenvalue weighted by atomic mass is 10.1. The highest BCUT2D eigenvalue weighted by Crippen LogP contribution is 2.21. The van der Waals surface area contributed by atoms with E-state index in [1.54, 1.807) is 17.5 Å². The summed E-state index contributed by atoms with van der Waals surface area (Å²) in [4.78, 5) is 7.51. The second-order valence-electron chi connectivity index (χ2n) is 5.27. The molecular formula is C13H19ClN4O2S3. The standard InChI is InChI=1S/C13H18N4O2S3.ClH/c14-13-15-8-11(21-13)9-17-5-3-10(4-6-17)16-22(18,19)12-2-1-7-20-12;/h1-2,7-8,10,16H,3-6,9H2,(H2,14,15);1H. The molecule has 1 fully saturated rings. The molecule has 1 aliphatic rings. The van der Waals surface area contributed by atoms with E-state index in [1.807, 2.05) is 6.20 Å². The number of thiazole rings is 1. The molecule has 0 amide bonds. The average Bonchev–Trinajstić information content (AvgIpc) is 3.13. The zero-order valence-corrected chi connectivity index (χ0v) is 15.6. The number of nitrogens with two attached hydrogens (primary N) is 1. The molecule has 3 rings (SSSR count). The van der Waals surface area contributed by atoms with Crippen molar-refractivity contribution in [3.8, 4) is 0 Å². The van der Waals surface area contributed by atoms with Crippen LogP contribution in [0.15, 0.2) is 27.9 Å². The molecule has 0 spiro atoms. The van der Waals surface area contributed by atoms with Crippen molar-refractivity contribution in [3.05, 3.63) is 28.6 Å². The van der Waals surface area contributed by atoms with Crippen molar-refractivity contribution in [1.29, 1.82) is 0 Å². The third-order valence-electron chi connectivity index (χ3n) is 3.62. The SMILES string of the molecule is Cl.Nc1ncc(CN2CCC(NS(=O)(=O)c3cccs3)CC2)s1. The summed E-state index contributed by atoms with van der Waals surface area (Å²) < 4.78 is 27.6. The Morgan fingerprint density at radius 3 is 2.70 bits per heavy atom. The molecule has 0 aliphatic carbocycles. The maximum atomic E-state index is 12.2. The molecule has 2 aromatic rings. The Labute approximate surface area is 150 Å². The molecule has 6 nitrogen and oxygen atoms in total. The summed E-state index contributed by atoms with van der Waals surface area (Å²) in [5.74, 6) is 0. The molecule has 128 valence electrons. The number of hydrogen-bond donors (Lipinski definition) is 2. The van der Waals surface area contributed by atoms with Crippen molar-refractivity contribution in [3.63, 3.8) is 0 Å².